The molecule has 0 spiro atoms. The summed E-state index contributed by atoms with van der Waals surface area (Å²) in [6.07, 6.45) is 3.65. The maximum absolute atomic E-state index is 14.8. The van der Waals surface area contributed by atoms with E-state index in [0.29, 0.717) is 6.07 Å². The zero-order valence-corrected chi connectivity index (χ0v) is 19.7. The van der Waals surface area contributed by atoms with Gasteiger partial charge in [-0.05, 0) is 43.2 Å². The van der Waals surface area contributed by atoms with Crippen molar-refractivity contribution in [2.45, 2.75) is 23.8 Å². The molecule has 1 aromatic heterocycles. The van der Waals surface area contributed by atoms with Crippen molar-refractivity contribution < 1.29 is 27.8 Å². The number of ether oxygens (including phenoxy) is 1. The summed E-state index contributed by atoms with van der Waals surface area (Å²) in [6.45, 7) is 0.00818. The highest BCUT2D eigenvalue weighted by Crippen LogP contribution is 2.34. The van der Waals surface area contributed by atoms with Crippen LogP contribution in [0.2, 0.25) is 0 Å². The molecule has 1 heterocycles. The molecule has 0 bridgehead atoms. The Kier molecular flexibility index (Phi) is 7.24. The molecule has 0 radical (unpaired) electrons. The lowest BCUT2D eigenvalue weighted by atomic mass is 9.80. The molecule has 3 aromatic rings. The van der Waals surface area contributed by atoms with Crippen LogP contribution < -0.4 is 14.8 Å². The topological polar surface area (TPSA) is 80.3 Å². The van der Waals surface area contributed by atoms with Crippen LogP contribution in [0.4, 0.5) is 19.0 Å². The predicted molar refractivity (Wildman–Crippen MR) is 127 cm³/mol. The van der Waals surface area contributed by atoms with Gasteiger partial charge in [-0.2, -0.15) is 0 Å². The molecule has 34 heavy (non-hydrogen) atoms. The quantitative estimate of drug-likeness (QED) is 0.442. The second-order valence-corrected chi connectivity index (χ2v) is 10.1. The van der Waals surface area contributed by atoms with Crippen molar-refractivity contribution in [1.29, 1.82) is 0 Å². The summed E-state index contributed by atoms with van der Waals surface area (Å²) in [7, 11) is -2.57. The number of benzene rings is 2. The highest BCUT2D eigenvalue weighted by molar-refractivity contribution is 7.92. The summed E-state index contributed by atoms with van der Waals surface area (Å²) in [4.78, 5) is 2.94. The van der Waals surface area contributed by atoms with E-state index in [4.69, 9.17) is 4.74 Å². The average molecular weight is 512 g/mol. The maximum atomic E-state index is 14.8. The van der Waals surface area contributed by atoms with Crippen LogP contribution in [0.3, 0.4) is 0 Å². The number of allylic oxidation sites excluding steroid dienone is 1. The normalized spacial score (nSPS) is 18.4. The molecule has 0 unspecified atom stereocenters. The van der Waals surface area contributed by atoms with Crippen LogP contribution in [0.1, 0.15) is 19.8 Å². The Bertz CT molecular complexity index is 1290. The van der Waals surface area contributed by atoms with Gasteiger partial charge in [0.1, 0.15) is 16.5 Å². The molecular formula is C23H24F3N3O3S2. The highest BCUT2D eigenvalue weighted by atomic mass is 32.2. The van der Waals surface area contributed by atoms with Gasteiger partial charge >= 0.3 is 0 Å². The summed E-state index contributed by atoms with van der Waals surface area (Å²) in [6, 6.07) is 7.38. The average Bonchev–Trinajstić information content (AvgIpc) is 3.32. The van der Waals surface area contributed by atoms with Gasteiger partial charge in [0, 0.05) is 30.9 Å². The highest BCUT2D eigenvalue weighted by Gasteiger charge is 2.29. The van der Waals surface area contributed by atoms with E-state index in [9.17, 15) is 21.6 Å². The second kappa shape index (κ2) is 10.2. The van der Waals surface area contributed by atoms with E-state index in [1.807, 2.05) is 6.08 Å². The summed E-state index contributed by atoms with van der Waals surface area (Å²) in [5, 5.41) is 4.65. The van der Waals surface area contributed by atoms with Gasteiger partial charge in [0.15, 0.2) is 17.4 Å². The van der Waals surface area contributed by atoms with Crippen LogP contribution in [0.15, 0.2) is 58.3 Å². The third kappa shape index (κ3) is 5.26. The second-order valence-electron chi connectivity index (χ2n) is 7.75. The first-order chi connectivity index (χ1) is 16.3. The Morgan fingerprint density at radius 2 is 1.94 bits per heavy atom. The van der Waals surface area contributed by atoms with Gasteiger partial charge in [0.25, 0.3) is 10.0 Å². The van der Waals surface area contributed by atoms with Gasteiger partial charge in [0.05, 0.1) is 12.1 Å². The van der Waals surface area contributed by atoms with Crippen molar-refractivity contribution in [3.05, 3.63) is 76.4 Å². The number of nitrogens with zero attached hydrogens (tertiary/aromatic N) is 1. The van der Waals surface area contributed by atoms with Gasteiger partial charge < -0.3 is 10.1 Å². The van der Waals surface area contributed by atoms with Gasteiger partial charge in [-0.1, -0.05) is 18.2 Å². The first kappa shape index (κ1) is 24.2. The van der Waals surface area contributed by atoms with Crippen molar-refractivity contribution >= 4 is 32.8 Å². The van der Waals surface area contributed by atoms with Crippen molar-refractivity contribution in [3.8, 4) is 5.75 Å². The number of halogens is 3. The number of hydrogen-bond donors (Lipinski definition) is 2. The van der Waals surface area contributed by atoms with Crippen LogP contribution in [0, 0.1) is 23.4 Å². The molecule has 0 fully saturated rings. The first-order valence-electron chi connectivity index (χ1n) is 10.4. The van der Waals surface area contributed by atoms with Gasteiger partial charge in [-0.3, -0.25) is 4.72 Å². The zero-order chi connectivity index (χ0) is 24.3. The number of hydrogen-bond acceptors (Lipinski definition) is 6. The Labute approximate surface area is 201 Å². The molecule has 2 atom stereocenters. The van der Waals surface area contributed by atoms with Gasteiger partial charge in [-0.15, -0.1) is 11.3 Å². The van der Waals surface area contributed by atoms with Crippen molar-refractivity contribution in [1.82, 2.24) is 10.3 Å². The number of anilines is 1. The molecule has 0 amide bonds. The van der Waals surface area contributed by atoms with Crippen LogP contribution in [-0.4, -0.2) is 33.1 Å². The SMILES string of the molecule is CN[C@@H]1CCC=C(c2ccc(F)cc2)[C@H]1COc1cc(F)c(S(=O)(=O)Nc2cscn2)cc1F.[HH]. The van der Waals surface area contributed by atoms with Crippen LogP contribution in [0.5, 0.6) is 5.75 Å². The summed E-state index contributed by atoms with van der Waals surface area (Å²) >= 11 is 1.15. The number of thiazole rings is 1. The van der Waals surface area contributed by atoms with Crippen molar-refractivity contribution in [3.63, 3.8) is 0 Å². The third-order valence-electron chi connectivity index (χ3n) is 5.64. The van der Waals surface area contributed by atoms with E-state index in [1.54, 1.807) is 19.2 Å². The van der Waals surface area contributed by atoms with E-state index in [0.717, 1.165) is 41.4 Å². The fourth-order valence-corrected chi connectivity index (χ4v) is 5.61. The summed E-state index contributed by atoms with van der Waals surface area (Å²) in [5.41, 5.74) is 3.14. The van der Waals surface area contributed by atoms with E-state index in [2.05, 4.69) is 15.0 Å². The lowest BCUT2D eigenvalue weighted by Gasteiger charge is -2.33. The molecule has 1 aliphatic rings. The number of rotatable bonds is 8. The van der Waals surface area contributed by atoms with Crippen molar-refractivity contribution in [2.75, 3.05) is 18.4 Å². The molecule has 0 aliphatic heterocycles. The Hall–Kier alpha value is -2.89. The standard InChI is InChI=1S/C23H22F3N3O3S2.H2/c1-27-20-4-2-3-16(14-5-7-15(24)8-6-14)17(20)11-32-21-9-19(26)22(10-18(21)25)34(30,31)29-23-12-33-13-28-23;/h3,5-10,12-13,17,20,27,29H,2,4,11H2,1H3;1H/t17-,20-;/m1./s1. The molecule has 0 saturated heterocycles. The van der Waals surface area contributed by atoms with E-state index in [-0.39, 0.29) is 31.6 Å². The lowest BCUT2D eigenvalue weighted by molar-refractivity contribution is 0.231. The summed E-state index contributed by atoms with van der Waals surface area (Å²) in [5.74, 6) is -3.12. The van der Waals surface area contributed by atoms with Crippen LogP contribution in [-0.2, 0) is 10.0 Å². The minimum absolute atomic E-state index is 0. The fraction of sp³-hybridized carbons (Fsp3) is 0.261. The molecule has 11 heteroatoms. The van der Waals surface area contributed by atoms with Gasteiger partial charge in [-0.25, -0.2) is 26.6 Å². The van der Waals surface area contributed by atoms with Crippen LogP contribution in [0.25, 0.3) is 5.57 Å². The molecule has 2 N–H and O–H groups in total. The molecule has 0 saturated carbocycles. The zero-order valence-electron chi connectivity index (χ0n) is 18.1. The molecule has 2 aromatic carbocycles. The maximum Gasteiger partial charge on any atom is 0.266 e. The van der Waals surface area contributed by atoms with E-state index < -0.39 is 32.3 Å². The predicted octanol–water partition coefficient (Wildman–Crippen LogP) is 5.07. The Balaban J connectivity index is 0.00000342. The largest absolute Gasteiger partial charge is 0.490 e. The third-order valence-corrected chi connectivity index (χ3v) is 7.60. The Morgan fingerprint density at radius 3 is 2.62 bits per heavy atom. The molecule has 4 rings (SSSR count). The van der Waals surface area contributed by atoms with Crippen LogP contribution >= 0.6 is 11.3 Å². The molecule has 182 valence electrons. The first-order valence-corrected chi connectivity index (χ1v) is 12.9. The monoisotopic (exact) mass is 511 g/mol. The molecule has 1 aliphatic carbocycles. The number of aromatic nitrogens is 1. The van der Waals surface area contributed by atoms with E-state index >= 15 is 0 Å². The minimum atomic E-state index is -4.38. The fourth-order valence-electron chi connectivity index (χ4n) is 3.98. The minimum Gasteiger partial charge on any atom is -0.490 e. The van der Waals surface area contributed by atoms with Gasteiger partial charge in [0.2, 0.25) is 0 Å². The molecular weight excluding hydrogens is 487 g/mol. The van der Waals surface area contributed by atoms with E-state index in [1.165, 1.54) is 23.0 Å². The molecule has 6 nitrogen and oxygen atoms in total. The smallest absolute Gasteiger partial charge is 0.266 e. The Morgan fingerprint density at radius 1 is 1.18 bits per heavy atom. The van der Waals surface area contributed by atoms with Crippen molar-refractivity contribution in [2.24, 2.45) is 5.92 Å². The summed E-state index contributed by atoms with van der Waals surface area (Å²) < 4.78 is 75.5. The number of nitrogens with one attached hydrogen (secondary N) is 2. The lowest BCUT2D eigenvalue weighted by Crippen LogP contribution is -2.39. The number of sulfonamides is 1.